The number of halogens is 4. The molecule has 0 heterocycles. The lowest BCUT2D eigenvalue weighted by molar-refractivity contribution is -0.384. The highest BCUT2D eigenvalue weighted by atomic mass is 35.5. The van der Waals surface area contributed by atoms with Gasteiger partial charge in [0, 0.05) is 11.8 Å². The lowest BCUT2D eigenvalue weighted by atomic mass is 10.2. The number of ether oxygens (including phenoxy) is 1. The third-order valence-corrected chi connectivity index (χ3v) is 3.28. The molecule has 25 heavy (non-hydrogen) atoms. The minimum Gasteiger partial charge on any atom is -0.484 e. The number of carbonyl (C=O) groups excluding carboxylic acids is 1. The fraction of sp³-hybridized carbons (Fsp3) is 0.133. The summed E-state index contributed by atoms with van der Waals surface area (Å²) in [6.07, 6.45) is -4.52. The van der Waals surface area contributed by atoms with Crippen molar-refractivity contribution in [2.75, 3.05) is 11.9 Å². The molecule has 1 amide bonds. The molecule has 2 aromatic rings. The third kappa shape index (κ3) is 5.08. The van der Waals surface area contributed by atoms with Crippen LogP contribution in [0.3, 0.4) is 0 Å². The van der Waals surface area contributed by atoms with Crippen LogP contribution in [0.1, 0.15) is 5.56 Å². The highest BCUT2D eigenvalue weighted by molar-refractivity contribution is 6.32. The molecular weight excluding hydrogens is 365 g/mol. The van der Waals surface area contributed by atoms with E-state index in [4.69, 9.17) is 16.3 Å². The van der Waals surface area contributed by atoms with Crippen molar-refractivity contribution in [2.24, 2.45) is 0 Å². The number of benzene rings is 2. The highest BCUT2D eigenvalue weighted by Gasteiger charge is 2.30. The summed E-state index contributed by atoms with van der Waals surface area (Å²) in [6.45, 7) is -0.572. The van der Waals surface area contributed by atoms with Gasteiger partial charge in [0.25, 0.3) is 11.6 Å². The number of rotatable bonds is 5. The van der Waals surface area contributed by atoms with Gasteiger partial charge in [0.1, 0.15) is 10.8 Å². The summed E-state index contributed by atoms with van der Waals surface area (Å²) in [4.78, 5) is 21.8. The lowest BCUT2D eigenvalue weighted by Gasteiger charge is -2.10. The summed E-state index contributed by atoms with van der Waals surface area (Å²) in [5.74, 6) is -0.832. The zero-order chi connectivity index (χ0) is 18.6. The maximum atomic E-state index is 12.6. The minimum absolute atomic E-state index is 0.0942. The van der Waals surface area contributed by atoms with E-state index in [0.717, 1.165) is 24.3 Å². The number of hydrogen-bond acceptors (Lipinski definition) is 4. The predicted octanol–water partition coefficient (Wildman–Crippen LogP) is 4.28. The Kier molecular flexibility index (Phi) is 5.48. The molecule has 0 atom stereocenters. The number of nitro groups is 1. The average Bonchev–Trinajstić information content (AvgIpc) is 2.54. The molecule has 10 heteroatoms. The second-order valence-electron chi connectivity index (χ2n) is 4.79. The maximum Gasteiger partial charge on any atom is 0.416 e. The molecule has 0 radical (unpaired) electrons. The van der Waals surface area contributed by atoms with Crippen molar-refractivity contribution < 1.29 is 27.6 Å². The van der Waals surface area contributed by atoms with Crippen LogP contribution < -0.4 is 10.1 Å². The van der Waals surface area contributed by atoms with Gasteiger partial charge >= 0.3 is 6.18 Å². The summed E-state index contributed by atoms with van der Waals surface area (Å²) in [6, 6.07) is 7.71. The first kappa shape index (κ1) is 18.5. The van der Waals surface area contributed by atoms with Crippen molar-refractivity contribution in [1.82, 2.24) is 0 Å². The first-order chi connectivity index (χ1) is 11.7. The molecule has 2 aromatic carbocycles. The topological polar surface area (TPSA) is 81.5 Å². The molecule has 0 unspecified atom stereocenters. The SMILES string of the molecule is O=C(COc1cccc(C(F)(F)F)c1)Nc1ccc(Cl)c([N+](=O)[O-])c1. The van der Waals surface area contributed by atoms with Crippen LogP contribution in [0.5, 0.6) is 5.75 Å². The van der Waals surface area contributed by atoms with Crippen LogP contribution in [0, 0.1) is 10.1 Å². The van der Waals surface area contributed by atoms with Gasteiger partial charge in [-0.05, 0) is 30.3 Å². The summed E-state index contributed by atoms with van der Waals surface area (Å²) in [7, 11) is 0. The fourth-order valence-electron chi connectivity index (χ4n) is 1.84. The zero-order valence-corrected chi connectivity index (χ0v) is 13.1. The van der Waals surface area contributed by atoms with Crippen molar-refractivity contribution in [3.05, 3.63) is 63.2 Å². The molecule has 132 valence electrons. The van der Waals surface area contributed by atoms with E-state index in [0.29, 0.717) is 0 Å². The largest absolute Gasteiger partial charge is 0.484 e. The molecule has 1 N–H and O–H groups in total. The van der Waals surface area contributed by atoms with Gasteiger partial charge in [0.2, 0.25) is 0 Å². The third-order valence-electron chi connectivity index (χ3n) is 2.96. The molecule has 0 aliphatic rings. The second-order valence-corrected chi connectivity index (χ2v) is 5.19. The molecule has 0 saturated carbocycles. The number of nitrogens with zero attached hydrogens (tertiary/aromatic N) is 1. The molecule has 0 bridgehead atoms. The Morgan fingerprint density at radius 1 is 1.24 bits per heavy atom. The van der Waals surface area contributed by atoms with Crippen LogP contribution in [-0.2, 0) is 11.0 Å². The van der Waals surface area contributed by atoms with Crippen LogP contribution in [0.2, 0.25) is 5.02 Å². The van der Waals surface area contributed by atoms with Gasteiger partial charge in [-0.25, -0.2) is 0 Å². The smallest absolute Gasteiger partial charge is 0.416 e. The predicted molar refractivity (Wildman–Crippen MR) is 83.7 cm³/mol. The summed E-state index contributed by atoms with van der Waals surface area (Å²) >= 11 is 5.65. The number of anilines is 1. The van der Waals surface area contributed by atoms with E-state index < -0.39 is 34.9 Å². The molecule has 2 rings (SSSR count). The number of nitrogens with one attached hydrogen (secondary N) is 1. The highest BCUT2D eigenvalue weighted by Crippen LogP contribution is 2.31. The quantitative estimate of drug-likeness (QED) is 0.625. The first-order valence-corrected chi connectivity index (χ1v) is 7.08. The molecule has 6 nitrogen and oxygen atoms in total. The van der Waals surface area contributed by atoms with E-state index in [1.807, 2.05) is 0 Å². The van der Waals surface area contributed by atoms with E-state index in [1.165, 1.54) is 18.2 Å². The lowest BCUT2D eigenvalue weighted by Crippen LogP contribution is -2.20. The van der Waals surface area contributed by atoms with Crippen molar-refractivity contribution in [1.29, 1.82) is 0 Å². The van der Waals surface area contributed by atoms with E-state index in [2.05, 4.69) is 5.32 Å². The summed E-state index contributed by atoms with van der Waals surface area (Å²) in [5, 5.41) is 13.0. The van der Waals surface area contributed by atoms with Gasteiger partial charge in [-0.15, -0.1) is 0 Å². The normalized spacial score (nSPS) is 11.0. The standard InChI is InChI=1S/C15H10ClF3N2O4/c16-12-5-4-10(7-13(12)21(23)24)20-14(22)8-25-11-3-1-2-9(6-11)15(17,18)19/h1-7H,8H2,(H,20,22). The second kappa shape index (κ2) is 7.39. The van der Waals surface area contributed by atoms with Crippen LogP contribution >= 0.6 is 11.6 Å². The average molecular weight is 375 g/mol. The molecule has 0 spiro atoms. The summed E-state index contributed by atoms with van der Waals surface area (Å²) in [5.41, 5.74) is -1.19. The molecular formula is C15H10ClF3N2O4. The van der Waals surface area contributed by atoms with Crippen molar-refractivity contribution in [3.8, 4) is 5.75 Å². The van der Waals surface area contributed by atoms with E-state index in [9.17, 15) is 28.1 Å². The number of alkyl halides is 3. The van der Waals surface area contributed by atoms with Crippen LogP contribution in [-0.4, -0.2) is 17.4 Å². The molecule has 0 aliphatic carbocycles. The Balaban J connectivity index is 2.00. The van der Waals surface area contributed by atoms with Gasteiger partial charge in [-0.1, -0.05) is 17.7 Å². The minimum atomic E-state index is -4.52. The number of amides is 1. The van der Waals surface area contributed by atoms with Gasteiger partial charge in [-0.2, -0.15) is 13.2 Å². The van der Waals surface area contributed by atoms with Crippen molar-refractivity contribution in [3.63, 3.8) is 0 Å². The van der Waals surface area contributed by atoms with Crippen LogP contribution in [0.4, 0.5) is 24.5 Å². The number of nitro benzene ring substituents is 1. The van der Waals surface area contributed by atoms with Gasteiger partial charge < -0.3 is 10.1 Å². The molecule has 0 fully saturated rings. The first-order valence-electron chi connectivity index (χ1n) is 6.70. The zero-order valence-electron chi connectivity index (χ0n) is 12.3. The van der Waals surface area contributed by atoms with Gasteiger partial charge in [0.15, 0.2) is 6.61 Å². The molecule has 0 saturated heterocycles. The Hall–Kier alpha value is -2.81. The number of hydrogen-bond donors (Lipinski definition) is 1. The number of carbonyl (C=O) groups is 1. The van der Waals surface area contributed by atoms with Crippen LogP contribution in [0.15, 0.2) is 42.5 Å². The van der Waals surface area contributed by atoms with E-state index in [1.54, 1.807) is 0 Å². The van der Waals surface area contributed by atoms with Crippen LogP contribution in [0.25, 0.3) is 0 Å². The van der Waals surface area contributed by atoms with E-state index in [-0.39, 0.29) is 16.5 Å². The Labute approximate surface area is 144 Å². The maximum absolute atomic E-state index is 12.6. The Morgan fingerprint density at radius 3 is 2.60 bits per heavy atom. The Morgan fingerprint density at radius 2 is 1.96 bits per heavy atom. The summed E-state index contributed by atoms with van der Waals surface area (Å²) < 4.78 is 42.8. The Bertz CT molecular complexity index is 812. The molecule has 0 aromatic heterocycles. The monoisotopic (exact) mass is 374 g/mol. The molecule has 0 aliphatic heterocycles. The fourth-order valence-corrected chi connectivity index (χ4v) is 2.03. The van der Waals surface area contributed by atoms with E-state index >= 15 is 0 Å². The van der Waals surface area contributed by atoms with Crippen molar-refractivity contribution >= 4 is 28.9 Å². The van der Waals surface area contributed by atoms with Gasteiger partial charge in [0.05, 0.1) is 10.5 Å². The van der Waals surface area contributed by atoms with Gasteiger partial charge in [-0.3, -0.25) is 14.9 Å². The van der Waals surface area contributed by atoms with Crippen molar-refractivity contribution in [2.45, 2.75) is 6.18 Å².